The molecule has 0 radical (unpaired) electrons. The molecule has 6 heteroatoms. The van der Waals surface area contributed by atoms with Crippen LogP contribution < -0.4 is 10.6 Å². The zero-order chi connectivity index (χ0) is 13.9. The molecule has 2 aromatic rings. The quantitative estimate of drug-likeness (QED) is 0.924. The highest BCUT2D eigenvalue weighted by atomic mass is 32.1. The van der Waals surface area contributed by atoms with Crippen LogP contribution in [0, 0.1) is 6.92 Å². The number of thiophene rings is 1. The molecule has 20 heavy (non-hydrogen) atoms. The van der Waals surface area contributed by atoms with Crippen LogP contribution in [0.15, 0.2) is 12.4 Å². The molecule has 0 saturated carbocycles. The molecule has 2 N–H and O–H groups in total. The van der Waals surface area contributed by atoms with Crippen LogP contribution in [0.2, 0.25) is 0 Å². The lowest BCUT2D eigenvalue weighted by atomic mass is 10.2. The van der Waals surface area contributed by atoms with E-state index in [2.05, 4.69) is 32.8 Å². The fraction of sp³-hybridized carbons (Fsp3) is 0.571. The number of aromatic nitrogens is 2. The van der Waals surface area contributed by atoms with Gasteiger partial charge in [-0.25, -0.2) is 9.97 Å². The van der Waals surface area contributed by atoms with Gasteiger partial charge in [-0.3, -0.25) is 4.90 Å². The lowest BCUT2D eigenvalue weighted by Gasteiger charge is -2.35. The van der Waals surface area contributed by atoms with E-state index in [1.54, 1.807) is 17.7 Å². The van der Waals surface area contributed by atoms with Crippen molar-refractivity contribution >= 4 is 27.4 Å². The lowest BCUT2D eigenvalue weighted by Crippen LogP contribution is -2.47. The van der Waals surface area contributed by atoms with Crippen molar-refractivity contribution in [3.63, 3.8) is 0 Å². The highest BCUT2D eigenvalue weighted by molar-refractivity contribution is 7.18. The van der Waals surface area contributed by atoms with Crippen LogP contribution in [0.25, 0.3) is 10.2 Å². The van der Waals surface area contributed by atoms with Crippen LogP contribution >= 0.6 is 11.3 Å². The minimum Gasteiger partial charge on any atom is -0.353 e. The van der Waals surface area contributed by atoms with E-state index in [4.69, 9.17) is 5.73 Å². The van der Waals surface area contributed by atoms with Gasteiger partial charge in [-0.2, -0.15) is 0 Å². The molecule has 0 aliphatic carbocycles. The second-order valence-electron chi connectivity index (χ2n) is 5.24. The number of nitrogens with zero attached hydrogens (tertiary/aromatic N) is 4. The van der Waals surface area contributed by atoms with Gasteiger partial charge in [-0.15, -0.1) is 11.3 Å². The van der Waals surface area contributed by atoms with Crippen molar-refractivity contribution in [2.75, 3.05) is 44.2 Å². The summed E-state index contributed by atoms with van der Waals surface area (Å²) in [6.07, 6.45) is 2.77. The van der Waals surface area contributed by atoms with Crippen molar-refractivity contribution in [2.45, 2.75) is 13.3 Å². The third-order valence-electron chi connectivity index (χ3n) is 3.78. The molecule has 0 atom stereocenters. The van der Waals surface area contributed by atoms with Crippen LogP contribution in [0.4, 0.5) is 5.82 Å². The number of rotatable bonds is 4. The molecule has 2 aromatic heterocycles. The van der Waals surface area contributed by atoms with Crippen molar-refractivity contribution in [2.24, 2.45) is 5.73 Å². The molecule has 1 aliphatic heterocycles. The zero-order valence-corrected chi connectivity index (χ0v) is 12.7. The molecule has 3 heterocycles. The maximum absolute atomic E-state index is 5.58. The predicted molar refractivity (Wildman–Crippen MR) is 84.5 cm³/mol. The van der Waals surface area contributed by atoms with Crippen molar-refractivity contribution in [1.29, 1.82) is 0 Å². The lowest BCUT2D eigenvalue weighted by molar-refractivity contribution is 0.256. The Bertz CT molecular complexity index is 574. The van der Waals surface area contributed by atoms with Gasteiger partial charge in [0.05, 0.1) is 5.39 Å². The van der Waals surface area contributed by atoms with Gasteiger partial charge in [0.25, 0.3) is 0 Å². The van der Waals surface area contributed by atoms with E-state index < -0.39 is 0 Å². The average Bonchev–Trinajstić information content (AvgIpc) is 2.85. The summed E-state index contributed by atoms with van der Waals surface area (Å²) in [5.41, 5.74) is 5.58. The van der Waals surface area contributed by atoms with E-state index >= 15 is 0 Å². The molecule has 1 aliphatic rings. The summed E-state index contributed by atoms with van der Waals surface area (Å²) in [7, 11) is 0. The normalized spacial score (nSPS) is 17.0. The van der Waals surface area contributed by atoms with Crippen molar-refractivity contribution in [3.05, 3.63) is 17.3 Å². The van der Waals surface area contributed by atoms with Gasteiger partial charge in [-0.1, -0.05) is 0 Å². The van der Waals surface area contributed by atoms with Crippen LogP contribution in [0.1, 0.15) is 11.3 Å². The van der Waals surface area contributed by atoms with Gasteiger partial charge in [-0.05, 0) is 32.5 Å². The van der Waals surface area contributed by atoms with E-state index in [0.29, 0.717) is 0 Å². The maximum atomic E-state index is 5.58. The number of hydrogen-bond donors (Lipinski definition) is 1. The Hall–Kier alpha value is -1.24. The minimum atomic E-state index is 0.779. The van der Waals surface area contributed by atoms with Crippen molar-refractivity contribution in [3.8, 4) is 0 Å². The second-order valence-corrected chi connectivity index (χ2v) is 6.48. The first-order chi connectivity index (χ1) is 9.78. The first-order valence-electron chi connectivity index (χ1n) is 7.16. The van der Waals surface area contributed by atoms with Gasteiger partial charge in [0.2, 0.25) is 0 Å². The molecule has 5 nitrogen and oxygen atoms in total. The van der Waals surface area contributed by atoms with Gasteiger partial charge < -0.3 is 10.6 Å². The molecule has 0 aromatic carbocycles. The second kappa shape index (κ2) is 6.03. The zero-order valence-electron chi connectivity index (χ0n) is 11.9. The molecule has 0 bridgehead atoms. The molecule has 0 spiro atoms. The van der Waals surface area contributed by atoms with Crippen LogP contribution in [0.5, 0.6) is 0 Å². The number of hydrogen-bond acceptors (Lipinski definition) is 6. The summed E-state index contributed by atoms with van der Waals surface area (Å²) in [5.74, 6) is 1.10. The smallest absolute Gasteiger partial charge is 0.140 e. The van der Waals surface area contributed by atoms with E-state index in [1.165, 1.54) is 10.3 Å². The highest BCUT2D eigenvalue weighted by Crippen LogP contribution is 2.30. The highest BCUT2D eigenvalue weighted by Gasteiger charge is 2.20. The summed E-state index contributed by atoms with van der Waals surface area (Å²) in [5, 5.41) is 1.20. The molecule has 0 unspecified atom stereocenters. The van der Waals surface area contributed by atoms with Crippen LogP contribution in [0.3, 0.4) is 0 Å². The summed E-state index contributed by atoms with van der Waals surface area (Å²) in [6.45, 7) is 8.27. The monoisotopic (exact) mass is 291 g/mol. The van der Waals surface area contributed by atoms with E-state index in [0.717, 1.165) is 56.3 Å². The summed E-state index contributed by atoms with van der Waals surface area (Å²) in [6, 6.07) is 2.20. The molecular weight excluding hydrogens is 270 g/mol. The summed E-state index contributed by atoms with van der Waals surface area (Å²) >= 11 is 1.74. The third-order valence-corrected chi connectivity index (χ3v) is 4.74. The standard InChI is InChI=1S/C14H21N5S/c1-11-9-12-13(16-10-17-14(12)20-11)19-7-5-18(6-8-19)4-2-3-15/h9-10H,2-8,15H2,1H3. The van der Waals surface area contributed by atoms with Crippen LogP contribution in [-0.2, 0) is 0 Å². The Morgan fingerprint density at radius 2 is 2.05 bits per heavy atom. The molecular formula is C14H21N5S. The van der Waals surface area contributed by atoms with Gasteiger partial charge in [0.15, 0.2) is 0 Å². The third kappa shape index (κ3) is 2.77. The minimum absolute atomic E-state index is 0.779. The Labute approximate surface area is 123 Å². The maximum Gasteiger partial charge on any atom is 0.140 e. The molecule has 108 valence electrons. The molecule has 3 rings (SSSR count). The Morgan fingerprint density at radius 1 is 1.25 bits per heavy atom. The van der Waals surface area contributed by atoms with E-state index in [9.17, 15) is 0 Å². The Balaban J connectivity index is 1.73. The molecule has 0 amide bonds. The molecule has 1 fully saturated rings. The van der Waals surface area contributed by atoms with Gasteiger partial charge in [0, 0.05) is 31.1 Å². The van der Waals surface area contributed by atoms with Crippen molar-refractivity contribution in [1.82, 2.24) is 14.9 Å². The average molecular weight is 291 g/mol. The fourth-order valence-corrected chi connectivity index (χ4v) is 3.56. The van der Waals surface area contributed by atoms with Gasteiger partial charge >= 0.3 is 0 Å². The van der Waals surface area contributed by atoms with E-state index in [1.807, 2.05) is 0 Å². The number of piperazine rings is 1. The van der Waals surface area contributed by atoms with E-state index in [-0.39, 0.29) is 0 Å². The van der Waals surface area contributed by atoms with Gasteiger partial charge in [0.1, 0.15) is 17.0 Å². The molecule has 1 saturated heterocycles. The summed E-state index contributed by atoms with van der Waals surface area (Å²) in [4.78, 5) is 16.1. The number of anilines is 1. The predicted octanol–water partition coefficient (Wildman–Crippen LogP) is 1.47. The first kappa shape index (κ1) is 13.7. The topological polar surface area (TPSA) is 58.3 Å². The van der Waals surface area contributed by atoms with Crippen molar-refractivity contribution < 1.29 is 0 Å². The number of fused-ring (bicyclic) bond motifs is 1. The first-order valence-corrected chi connectivity index (χ1v) is 7.98. The van der Waals surface area contributed by atoms with Crippen LogP contribution in [-0.4, -0.2) is 54.1 Å². The Kier molecular flexibility index (Phi) is 4.14. The number of aryl methyl sites for hydroxylation is 1. The Morgan fingerprint density at radius 3 is 2.80 bits per heavy atom. The fourth-order valence-electron chi connectivity index (χ4n) is 2.71. The SMILES string of the molecule is Cc1cc2c(N3CCN(CCCN)CC3)ncnc2s1. The number of nitrogens with two attached hydrogens (primary N) is 1. The largest absolute Gasteiger partial charge is 0.353 e. The summed E-state index contributed by atoms with van der Waals surface area (Å²) < 4.78 is 0.